The van der Waals surface area contributed by atoms with Crippen LogP contribution in [0.2, 0.25) is 0 Å². The average Bonchev–Trinajstić information content (AvgIpc) is 2.68. The van der Waals surface area contributed by atoms with Crippen LogP contribution in [0.4, 0.5) is 0 Å². The maximum atomic E-state index is 11.3. The first-order chi connectivity index (χ1) is 7.74. The van der Waals surface area contributed by atoms with Gasteiger partial charge in [0.1, 0.15) is 0 Å². The van der Waals surface area contributed by atoms with Crippen LogP contribution in [0.3, 0.4) is 0 Å². The van der Waals surface area contributed by atoms with Crippen molar-refractivity contribution in [3.05, 3.63) is 12.3 Å². The van der Waals surface area contributed by atoms with E-state index in [1.54, 1.807) is 6.20 Å². The van der Waals surface area contributed by atoms with Gasteiger partial charge in [-0.3, -0.25) is 9.79 Å². The van der Waals surface area contributed by atoms with Gasteiger partial charge in [0.2, 0.25) is 0 Å². The first-order valence-electron chi connectivity index (χ1n) is 5.93. The van der Waals surface area contributed by atoms with Crippen LogP contribution in [0, 0.1) is 17.8 Å². The van der Waals surface area contributed by atoms with E-state index in [-0.39, 0.29) is 17.4 Å². The molecule has 1 aliphatic carbocycles. The molecule has 3 aliphatic rings. The number of carboxylic acids is 1. The van der Waals surface area contributed by atoms with Gasteiger partial charge in [-0.2, -0.15) is 0 Å². The molecule has 2 aliphatic heterocycles. The lowest BCUT2D eigenvalue weighted by Crippen LogP contribution is -2.58. The highest BCUT2D eigenvalue weighted by molar-refractivity contribution is 5.79. The summed E-state index contributed by atoms with van der Waals surface area (Å²) in [4.78, 5) is 15.5. The Morgan fingerprint density at radius 3 is 3.12 bits per heavy atom. The Morgan fingerprint density at radius 1 is 1.44 bits per heavy atom. The van der Waals surface area contributed by atoms with Gasteiger partial charge in [-0.25, -0.2) is 0 Å². The van der Waals surface area contributed by atoms with Crippen LogP contribution < -0.4 is 5.32 Å². The second-order valence-corrected chi connectivity index (χ2v) is 5.01. The Kier molecular flexibility index (Phi) is 2.14. The number of nitrogens with zero attached hydrogens (tertiary/aromatic N) is 1. The summed E-state index contributed by atoms with van der Waals surface area (Å²) in [6, 6.07) is 0. The summed E-state index contributed by atoms with van der Waals surface area (Å²) < 4.78 is 0. The van der Waals surface area contributed by atoms with Gasteiger partial charge >= 0.3 is 5.97 Å². The zero-order chi connectivity index (χ0) is 11.2. The van der Waals surface area contributed by atoms with Crippen molar-refractivity contribution >= 4 is 12.2 Å². The monoisotopic (exact) mass is 220 g/mol. The maximum absolute atomic E-state index is 11.3. The Balaban J connectivity index is 2.00. The molecule has 1 saturated carbocycles. The standard InChI is InChI=1S/C12H16N2O2/c15-11(16)9-2-1-8-3-6-14-12(8)7-13-5-4-10(9)12/h4-5,7-10,14H,1-3,6H2,(H,15,16). The van der Waals surface area contributed by atoms with E-state index in [9.17, 15) is 9.90 Å². The molecule has 0 aromatic carbocycles. The fourth-order valence-electron chi connectivity index (χ4n) is 3.63. The number of nitrogens with one attached hydrogen (secondary N) is 1. The molecule has 0 radical (unpaired) electrons. The van der Waals surface area contributed by atoms with Gasteiger partial charge in [0.25, 0.3) is 0 Å². The van der Waals surface area contributed by atoms with E-state index in [1.165, 1.54) is 0 Å². The molecule has 4 unspecified atom stereocenters. The largest absolute Gasteiger partial charge is 0.481 e. The molecule has 4 nitrogen and oxygen atoms in total. The van der Waals surface area contributed by atoms with E-state index in [4.69, 9.17) is 0 Å². The van der Waals surface area contributed by atoms with Crippen molar-refractivity contribution in [3.63, 3.8) is 0 Å². The Morgan fingerprint density at radius 2 is 2.31 bits per heavy atom. The van der Waals surface area contributed by atoms with E-state index < -0.39 is 5.97 Å². The van der Waals surface area contributed by atoms with E-state index in [1.807, 2.05) is 12.3 Å². The number of rotatable bonds is 1. The van der Waals surface area contributed by atoms with E-state index in [0.717, 1.165) is 25.8 Å². The van der Waals surface area contributed by atoms with Gasteiger partial charge in [-0.05, 0) is 31.7 Å². The second kappa shape index (κ2) is 3.42. The third-order valence-electron chi connectivity index (χ3n) is 4.40. The quantitative estimate of drug-likeness (QED) is 0.694. The summed E-state index contributed by atoms with van der Waals surface area (Å²) in [6.07, 6.45) is 8.61. The van der Waals surface area contributed by atoms with Crippen molar-refractivity contribution in [1.82, 2.24) is 5.32 Å². The number of aliphatic carboxylic acids is 1. The van der Waals surface area contributed by atoms with Crippen LogP contribution in [0.25, 0.3) is 0 Å². The van der Waals surface area contributed by atoms with Gasteiger partial charge in [0, 0.05) is 18.3 Å². The van der Waals surface area contributed by atoms with Crippen molar-refractivity contribution in [1.29, 1.82) is 0 Å². The normalized spacial score (nSPS) is 45.1. The highest BCUT2D eigenvalue weighted by Gasteiger charge is 2.54. The SMILES string of the molecule is O=C(O)C1CCC2CCNC23C=NC=CC13. The molecule has 2 heterocycles. The molecule has 4 atom stereocenters. The lowest BCUT2D eigenvalue weighted by atomic mass is 9.62. The number of hydrogen-bond donors (Lipinski definition) is 2. The van der Waals surface area contributed by atoms with Crippen molar-refractivity contribution in [2.45, 2.75) is 24.8 Å². The fraction of sp³-hybridized carbons (Fsp3) is 0.667. The Hall–Kier alpha value is -1.16. The minimum absolute atomic E-state index is 0.0729. The van der Waals surface area contributed by atoms with Crippen LogP contribution in [0.1, 0.15) is 19.3 Å². The third kappa shape index (κ3) is 1.19. The molecule has 3 rings (SSSR count). The van der Waals surface area contributed by atoms with Crippen molar-refractivity contribution in [3.8, 4) is 0 Å². The first-order valence-corrected chi connectivity index (χ1v) is 5.93. The van der Waals surface area contributed by atoms with E-state index in [2.05, 4.69) is 10.3 Å². The molecule has 1 saturated heterocycles. The van der Waals surface area contributed by atoms with Gasteiger partial charge in [0.15, 0.2) is 0 Å². The zero-order valence-corrected chi connectivity index (χ0v) is 9.10. The molecule has 2 N–H and O–H groups in total. The fourth-order valence-corrected chi connectivity index (χ4v) is 3.63. The zero-order valence-electron chi connectivity index (χ0n) is 9.10. The molecule has 4 heteroatoms. The Labute approximate surface area is 94.4 Å². The van der Waals surface area contributed by atoms with Gasteiger partial charge in [0.05, 0.1) is 11.5 Å². The van der Waals surface area contributed by atoms with Gasteiger partial charge in [-0.1, -0.05) is 6.08 Å². The summed E-state index contributed by atoms with van der Waals surface area (Å²) >= 11 is 0. The van der Waals surface area contributed by atoms with Crippen molar-refractivity contribution in [2.24, 2.45) is 22.7 Å². The highest BCUT2D eigenvalue weighted by atomic mass is 16.4. The molecule has 2 fully saturated rings. The van der Waals surface area contributed by atoms with E-state index >= 15 is 0 Å². The molecular weight excluding hydrogens is 204 g/mol. The lowest BCUT2D eigenvalue weighted by molar-refractivity contribution is -0.145. The number of hydrogen-bond acceptors (Lipinski definition) is 3. The summed E-state index contributed by atoms with van der Waals surface area (Å²) in [6.45, 7) is 0.980. The minimum Gasteiger partial charge on any atom is -0.481 e. The van der Waals surface area contributed by atoms with E-state index in [0.29, 0.717) is 5.92 Å². The lowest BCUT2D eigenvalue weighted by Gasteiger charge is -2.46. The Bertz CT molecular complexity index is 377. The van der Waals surface area contributed by atoms with Crippen LogP contribution in [-0.4, -0.2) is 29.4 Å². The van der Waals surface area contributed by atoms with Crippen LogP contribution in [0.15, 0.2) is 17.3 Å². The number of aliphatic imine (C=N–C) groups is 1. The second-order valence-electron chi connectivity index (χ2n) is 5.01. The minimum atomic E-state index is -0.670. The molecule has 0 aromatic heterocycles. The molecule has 16 heavy (non-hydrogen) atoms. The summed E-state index contributed by atoms with van der Waals surface area (Å²) in [5.74, 6) is -0.299. The van der Waals surface area contributed by atoms with Crippen molar-refractivity contribution < 1.29 is 9.90 Å². The summed E-state index contributed by atoms with van der Waals surface area (Å²) in [5, 5.41) is 12.8. The number of carboxylic acid groups (broad SMARTS) is 1. The molecule has 1 spiro atoms. The summed E-state index contributed by atoms with van der Waals surface area (Å²) in [5.41, 5.74) is -0.171. The number of carbonyl (C=O) groups is 1. The van der Waals surface area contributed by atoms with Crippen LogP contribution in [-0.2, 0) is 4.79 Å². The van der Waals surface area contributed by atoms with Crippen molar-refractivity contribution in [2.75, 3.05) is 6.54 Å². The smallest absolute Gasteiger partial charge is 0.307 e. The summed E-state index contributed by atoms with van der Waals surface area (Å²) in [7, 11) is 0. The predicted molar refractivity (Wildman–Crippen MR) is 60.3 cm³/mol. The predicted octanol–water partition coefficient (Wildman–Crippen LogP) is 1.04. The maximum Gasteiger partial charge on any atom is 0.307 e. The van der Waals surface area contributed by atoms with Gasteiger partial charge in [-0.15, -0.1) is 0 Å². The molecule has 0 amide bonds. The van der Waals surface area contributed by atoms with Crippen LogP contribution >= 0.6 is 0 Å². The first kappa shape index (κ1) is 10.0. The average molecular weight is 220 g/mol. The van der Waals surface area contributed by atoms with Gasteiger partial charge < -0.3 is 10.4 Å². The van der Waals surface area contributed by atoms with Crippen LogP contribution in [0.5, 0.6) is 0 Å². The third-order valence-corrected chi connectivity index (χ3v) is 4.40. The molecule has 0 bridgehead atoms. The molecule has 86 valence electrons. The molecular formula is C12H16N2O2. The topological polar surface area (TPSA) is 61.7 Å². The highest BCUT2D eigenvalue weighted by Crippen LogP contribution is 2.47. The molecule has 0 aromatic rings.